The van der Waals surface area contributed by atoms with Gasteiger partial charge in [-0.3, -0.25) is 9.78 Å². The predicted octanol–water partition coefficient (Wildman–Crippen LogP) is 5.32. The van der Waals surface area contributed by atoms with Crippen LogP contribution in [0.15, 0.2) is 79.3 Å². The first-order valence-corrected chi connectivity index (χ1v) is 13.5. The van der Waals surface area contributed by atoms with Gasteiger partial charge in [0.25, 0.3) is 0 Å². The Morgan fingerprint density at radius 1 is 1.03 bits per heavy atom. The van der Waals surface area contributed by atoms with E-state index in [0.717, 1.165) is 47.7 Å². The highest BCUT2D eigenvalue weighted by Gasteiger charge is 2.35. The summed E-state index contributed by atoms with van der Waals surface area (Å²) in [6.07, 6.45) is 11.4. The molecule has 2 aromatic carbocycles. The summed E-state index contributed by atoms with van der Waals surface area (Å²) in [6.45, 7) is 0.504. The molecule has 1 aliphatic rings. The number of H-pyrrole nitrogens is 1. The second-order valence-electron chi connectivity index (χ2n) is 10.2. The number of carbonyl (C=O) groups excluding carboxylic acids is 2. The van der Waals surface area contributed by atoms with E-state index in [1.165, 1.54) is 6.42 Å². The van der Waals surface area contributed by atoms with Gasteiger partial charge in [0.05, 0.1) is 7.11 Å². The number of nitrogens with zero attached hydrogens (tertiary/aromatic N) is 1. The number of pyridine rings is 1. The maximum absolute atomic E-state index is 13.7. The Labute approximate surface area is 228 Å². The van der Waals surface area contributed by atoms with E-state index >= 15 is 0 Å². The van der Waals surface area contributed by atoms with Gasteiger partial charge in [0.2, 0.25) is 5.91 Å². The first-order chi connectivity index (χ1) is 19.1. The summed E-state index contributed by atoms with van der Waals surface area (Å²) >= 11 is 0. The van der Waals surface area contributed by atoms with Gasteiger partial charge < -0.3 is 25.7 Å². The van der Waals surface area contributed by atoms with E-state index in [9.17, 15) is 9.59 Å². The normalized spacial score (nSPS) is 15.3. The van der Waals surface area contributed by atoms with Gasteiger partial charge in [0.15, 0.2) is 0 Å². The van der Waals surface area contributed by atoms with Gasteiger partial charge in [-0.15, -0.1) is 0 Å². The number of benzene rings is 2. The molecule has 0 aliphatic heterocycles. The lowest BCUT2D eigenvalue weighted by atomic mass is 9.70. The van der Waals surface area contributed by atoms with Crippen LogP contribution in [0.1, 0.15) is 43.2 Å². The Bertz CT molecular complexity index is 1390. The van der Waals surface area contributed by atoms with Gasteiger partial charge in [-0.05, 0) is 60.4 Å². The van der Waals surface area contributed by atoms with Crippen LogP contribution in [-0.2, 0) is 16.6 Å². The average Bonchev–Trinajstić information content (AvgIpc) is 3.39. The first-order valence-electron chi connectivity index (χ1n) is 13.5. The van der Waals surface area contributed by atoms with Crippen LogP contribution in [-0.4, -0.2) is 41.6 Å². The predicted molar refractivity (Wildman–Crippen MR) is 153 cm³/mol. The highest BCUT2D eigenvalue weighted by Crippen LogP contribution is 2.38. The summed E-state index contributed by atoms with van der Waals surface area (Å²) in [5, 5.41) is 9.98. The monoisotopic (exact) mass is 525 g/mol. The van der Waals surface area contributed by atoms with E-state index in [1.54, 1.807) is 37.6 Å². The molecule has 0 radical (unpaired) electrons. The molecule has 1 fully saturated rings. The molecule has 1 aliphatic carbocycles. The quantitative estimate of drug-likeness (QED) is 0.237. The number of nitrogens with one attached hydrogen (secondary N) is 4. The zero-order chi connectivity index (χ0) is 27.1. The van der Waals surface area contributed by atoms with Crippen molar-refractivity contribution >= 4 is 28.5 Å². The Hall–Kier alpha value is -4.33. The molecular formula is C31H35N5O3. The number of para-hydroxylation sites is 1. The lowest BCUT2D eigenvalue weighted by Crippen LogP contribution is -2.52. The molecule has 8 heteroatoms. The van der Waals surface area contributed by atoms with E-state index in [2.05, 4.69) is 32.0 Å². The molecule has 4 aromatic rings. The maximum Gasteiger partial charge on any atom is 0.319 e. The van der Waals surface area contributed by atoms with Crippen molar-refractivity contribution in [2.45, 2.75) is 50.0 Å². The number of hydrogen-bond donors (Lipinski definition) is 4. The van der Waals surface area contributed by atoms with Crippen LogP contribution in [0.25, 0.3) is 10.9 Å². The Morgan fingerprint density at radius 3 is 2.56 bits per heavy atom. The third-order valence-electron chi connectivity index (χ3n) is 7.75. The van der Waals surface area contributed by atoms with Crippen molar-refractivity contribution in [3.63, 3.8) is 0 Å². The minimum Gasteiger partial charge on any atom is -0.497 e. The largest absolute Gasteiger partial charge is 0.497 e. The fourth-order valence-electron chi connectivity index (χ4n) is 5.58. The minimum absolute atomic E-state index is 0.154. The van der Waals surface area contributed by atoms with Crippen molar-refractivity contribution in [3.05, 3.63) is 90.4 Å². The molecule has 3 amide bonds. The van der Waals surface area contributed by atoms with Crippen LogP contribution in [0.5, 0.6) is 5.75 Å². The third kappa shape index (κ3) is 6.22. The number of hydrogen-bond acceptors (Lipinski definition) is 4. The number of carbonyl (C=O) groups is 2. The summed E-state index contributed by atoms with van der Waals surface area (Å²) in [5.41, 5.74) is 3.57. The number of amides is 3. The van der Waals surface area contributed by atoms with Crippen molar-refractivity contribution in [2.75, 3.05) is 19.0 Å². The van der Waals surface area contributed by atoms with Crippen molar-refractivity contribution in [1.29, 1.82) is 0 Å². The summed E-state index contributed by atoms with van der Waals surface area (Å²) < 4.78 is 5.19. The van der Waals surface area contributed by atoms with E-state index in [-0.39, 0.29) is 11.3 Å². The average molecular weight is 526 g/mol. The standard InChI is InChI=1S/C31H35N5O3/c1-39-25-13-11-24(12-14-25)35-30(38)36-28(18-22-19-33-27-10-4-3-9-26(22)27)29(37)34-21-31(15-5-2-6-16-31)23-8-7-17-32-20-23/h3-4,7-14,17,19-20,28,33H,2,5-6,15-16,18,21H2,1H3,(H,34,37)(H2,35,36,38)/t28-/m0/s1. The molecule has 1 saturated carbocycles. The van der Waals surface area contributed by atoms with Gasteiger partial charge in [0, 0.05) is 53.6 Å². The molecule has 0 spiro atoms. The maximum atomic E-state index is 13.7. The smallest absolute Gasteiger partial charge is 0.319 e. The molecule has 5 rings (SSSR count). The molecule has 0 unspecified atom stereocenters. The highest BCUT2D eigenvalue weighted by molar-refractivity contribution is 5.94. The molecular weight excluding hydrogens is 490 g/mol. The van der Waals surface area contributed by atoms with E-state index in [1.807, 2.05) is 42.7 Å². The van der Waals surface area contributed by atoms with Gasteiger partial charge in [-0.1, -0.05) is 43.5 Å². The summed E-state index contributed by atoms with van der Waals surface area (Å²) in [5.74, 6) is 0.488. The van der Waals surface area contributed by atoms with Gasteiger partial charge >= 0.3 is 6.03 Å². The Kier molecular flexibility index (Phi) is 8.10. The molecule has 2 heterocycles. The molecule has 39 heavy (non-hydrogen) atoms. The number of ether oxygens (including phenoxy) is 1. The third-order valence-corrected chi connectivity index (χ3v) is 7.75. The fraction of sp³-hybridized carbons (Fsp3) is 0.323. The second kappa shape index (κ2) is 12.0. The van der Waals surface area contributed by atoms with E-state index in [0.29, 0.717) is 24.4 Å². The number of aromatic amines is 1. The number of methoxy groups -OCH3 is 1. The Balaban J connectivity index is 1.34. The summed E-state index contributed by atoms with van der Waals surface area (Å²) in [6, 6.07) is 17.9. The molecule has 4 N–H and O–H groups in total. The number of aromatic nitrogens is 2. The molecule has 0 bridgehead atoms. The van der Waals surface area contributed by atoms with Crippen molar-refractivity contribution in [1.82, 2.24) is 20.6 Å². The van der Waals surface area contributed by atoms with Gasteiger partial charge in [-0.25, -0.2) is 4.79 Å². The van der Waals surface area contributed by atoms with Crippen LogP contribution in [0, 0.1) is 0 Å². The van der Waals surface area contributed by atoms with Crippen LogP contribution >= 0.6 is 0 Å². The second-order valence-corrected chi connectivity index (χ2v) is 10.2. The number of anilines is 1. The summed E-state index contributed by atoms with van der Waals surface area (Å²) in [7, 11) is 1.59. The van der Waals surface area contributed by atoms with Crippen molar-refractivity contribution < 1.29 is 14.3 Å². The first kappa shape index (κ1) is 26.3. The SMILES string of the molecule is COc1ccc(NC(=O)N[C@@H](Cc2c[nH]c3ccccc23)C(=O)NCC2(c3cccnc3)CCCCC2)cc1. The number of rotatable bonds is 9. The van der Waals surface area contributed by atoms with Crippen LogP contribution in [0.2, 0.25) is 0 Å². The van der Waals surface area contributed by atoms with Crippen LogP contribution in [0.4, 0.5) is 10.5 Å². The zero-order valence-electron chi connectivity index (χ0n) is 22.2. The molecule has 1 atom stereocenters. The number of fused-ring (bicyclic) bond motifs is 1. The molecule has 8 nitrogen and oxygen atoms in total. The Morgan fingerprint density at radius 2 is 1.82 bits per heavy atom. The van der Waals surface area contributed by atoms with Crippen LogP contribution < -0.4 is 20.7 Å². The molecule has 202 valence electrons. The lowest BCUT2D eigenvalue weighted by Gasteiger charge is -2.38. The summed E-state index contributed by atoms with van der Waals surface area (Å²) in [4.78, 5) is 34.3. The van der Waals surface area contributed by atoms with Crippen LogP contribution in [0.3, 0.4) is 0 Å². The van der Waals surface area contributed by atoms with E-state index < -0.39 is 12.1 Å². The van der Waals surface area contributed by atoms with Gasteiger partial charge in [-0.2, -0.15) is 0 Å². The number of urea groups is 1. The fourth-order valence-corrected chi connectivity index (χ4v) is 5.58. The minimum atomic E-state index is -0.767. The highest BCUT2D eigenvalue weighted by atomic mass is 16.5. The molecule has 0 saturated heterocycles. The van der Waals surface area contributed by atoms with E-state index in [4.69, 9.17) is 4.74 Å². The van der Waals surface area contributed by atoms with Crippen molar-refractivity contribution in [2.24, 2.45) is 0 Å². The topological polar surface area (TPSA) is 108 Å². The lowest BCUT2D eigenvalue weighted by molar-refractivity contribution is -0.123. The molecule has 2 aromatic heterocycles. The van der Waals surface area contributed by atoms with Crippen molar-refractivity contribution in [3.8, 4) is 5.75 Å². The van der Waals surface area contributed by atoms with Gasteiger partial charge in [0.1, 0.15) is 11.8 Å². The zero-order valence-corrected chi connectivity index (χ0v) is 22.2.